The van der Waals surface area contributed by atoms with Crippen LogP contribution in [0.2, 0.25) is 0 Å². The van der Waals surface area contributed by atoms with E-state index in [1.165, 1.54) is 25.7 Å². The lowest BCUT2D eigenvalue weighted by Gasteiger charge is -2.26. The second-order valence-corrected chi connectivity index (χ2v) is 4.83. The average Bonchev–Trinajstić information content (AvgIpc) is 2.69. The van der Waals surface area contributed by atoms with Crippen LogP contribution in [-0.2, 0) is 9.47 Å². The van der Waals surface area contributed by atoms with Crippen molar-refractivity contribution in [3.8, 4) is 0 Å². The molecule has 3 heteroatoms. The van der Waals surface area contributed by atoms with Crippen LogP contribution in [0.5, 0.6) is 0 Å². The van der Waals surface area contributed by atoms with Crippen LogP contribution in [0.1, 0.15) is 39.5 Å². The maximum absolute atomic E-state index is 5.59. The van der Waals surface area contributed by atoms with E-state index < -0.39 is 0 Å². The lowest BCUT2D eigenvalue weighted by atomic mass is 10.0. The highest BCUT2D eigenvalue weighted by atomic mass is 79.9. The molecule has 1 aliphatic rings. The largest absolute Gasteiger partial charge is 0.352 e. The van der Waals surface area contributed by atoms with Gasteiger partial charge in [-0.15, -0.1) is 0 Å². The van der Waals surface area contributed by atoms with Gasteiger partial charge >= 0.3 is 0 Å². The van der Waals surface area contributed by atoms with Gasteiger partial charge in [0.15, 0.2) is 6.29 Å². The summed E-state index contributed by atoms with van der Waals surface area (Å²) in [6.07, 6.45) is 5.28. The zero-order chi connectivity index (χ0) is 10.4. The Kier molecular flexibility index (Phi) is 6.06. The fourth-order valence-electron chi connectivity index (χ4n) is 2.06. The third-order valence-corrected chi connectivity index (χ3v) is 3.95. The van der Waals surface area contributed by atoms with Crippen LogP contribution in [-0.4, -0.2) is 24.3 Å². The Morgan fingerprint density at radius 1 is 1.14 bits per heavy atom. The summed E-state index contributed by atoms with van der Waals surface area (Å²) >= 11 is 3.72. The van der Waals surface area contributed by atoms with Crippen LogP contribution in [0.4, 0.5) is 0 Å². The van der Waals surface area contributed by atoms with Crippen molar-refractivity contribution in [2.24, 2.45) is 5.92 Å². The molecule has 1 unspecified atom stereocenters. The molecule has 1 aliphatic carbocycles. The van der Waals surface area contributed by atoms with Crippen LogP contribution >= 0.6 is 15.9 Å². The van der Waals surface area contributed by atoms with Crippen LogP contribution in [0.15, 0.2) is 0 Å². The number of hydrogen-bond donors (Lipinski definition) is 0. The van der Waals surface area contributed by atoms with Crippen LogP contribution in [0.3, 0.4) is 0 Å². The second-order valence-electron chi connectivity index (χ2n) is 3.77. The highest BCUT2D eigenvalue weighted by molar-refractivity contribution is 9.09. The molecule has 1 atom stereocenters. The number of rotatable bonds is 6. The smallest absolute Gasteiger partial charge is 0.170 e. The Hall–Kier alpha value is 0.400. The van der Waals surface area contributed by atoms with Crippen LogP contribution in [0.25, 0.3) is 0 Å². The molecule has 84 valence electrons. The second kappa shape index (κ2) is 6.81. The summed E-state index contributed by atoms with van der Waals surface area (Å²) in [5, 5.41) is 0. The number of hydrogen-bond acceptors (Lipinski definition) is 2. The number of halogens is 1. The normalized spacial score (nSPS) is 20.6. The van der Waals surface area contributed by atoms with Gasteiger partial charge < -0.3 is 9.47 Å². The molecule has 0 aromatic rings. The molecule has 1 fully saturated rings. The van der Waals surface area contributed by atoms with Gasteiger partial charge in [0.25, 0.3) is 0 Å². The van der Waals surface area contributed by atoms with Gasteiger partial charge in [-0.3, -0.25) is 0 Å². The van der Waals surface area contributed by atoms with Crippen LogP contribution < -0.4 is 0 Å². The van der Waals surface area contributed by atoms with Gasteiger partial charge in [-0.1, -0.05) is 28.8 Å². The molecule has 0 heterocycles. The fraction of sp³-hybridized carbons (Fsp3) is 1.00. The fourth-order valence-corrected chi connectivity index (χ4v) is 2.89. The van der Waals surface area contributed by atoms with Crippen molar-refractivity contribution in [1.82, 2.24) is 0 Å². The maximum Gasteiger partial charge on any atom is 0.170 e. The van der Waals surface area contributed by atoms with Crippen LogP contribution in [0, 0.1) is 5.92 Å². The first-order chi connectivity index (χ1) is 6.79. The third-order valence-electron chi connectivity index (χ3n) is 2.77. The highest BCUT2D eigenvalue weighted by Crippen LogP contribution is 2.34. The highest BCUT2D eigenvalue weighted by Gasteiger charge is 2.30. The van der Waals surface area contributed by atoms with E-state index in [4.69, 9.17) is 9.47 Å². The molecule has 14 heavy (non-hydrogen) atoms. The standard InChI is InChI=1S/C11H21BrO2/c1-3-13-11(14-4-2)10(12)9-7-5-6-8-9/h9-11H,3-8H2,1-2H3. The topological polar surface area (TPSA) is 18.5 Å². The summed E-state index contributed by atoms with van der Waals surface area (Å²) in [4.78, 5) is 0.366. The molecule has 0 radical (unpaired) electrons. The first-order valence-corrected chi connectivity index (χ1v) is 6.58. The van der Waals surface area contributed by atoms with Gasteiger partial charge in [0.05, 0.1) is 4.83 Å². The quantitative estimate of drug-likeness (QED) is 0.541. The van der Waals surface area contributed by atoms with Gasteiger partial charge in [0, 0.05) is 13.2 Å². The molecule has 0 saturated heterocycles. The van der Waals surface area contributed by atoms with Crippen molar-refractivity contribution in [2.45, 2.75) is 50.6 Å². The predicted molar refractivity (Wildman–Crippen MR) is 61.7 cm³/mol. The Labute approximate surface area is 95.5 Å². The van der Waals surface area contributed by atoms with Crippen molar-refractivity contribution < 1.29 is 9.47 Å². The van der Waals surface area contributed by atoms with E-state index in [2.05, 4.69) is 15.9 Å². The zero-order valence-electron chi connectivity index (χ0n) is 9.17. The summed E-state index contributed by atoms with van der Waals surface area (Å²) in [7, 11) is 0. The molecule has 0 amide bonds. The van der Waals surface area contributed by atoms with Crippen molar-refractivity contribution in [3.05, 3.63) is 0 Å². The summed E-state index contributed by atoms with van der Waals surface area (Å²) < 4.78 is 11.2. The molecule has 0 aromatic heterocycles. The summed E-state index contributed by atoms with van der Waals surface area (Å²) in [6, 6.07) is 0. The van der Waals surface area contributed by atoms with Crippen molar-refractivity contribution >= 4 is 15.9 Å². The molecule has 0 aromatic carbocycles. The molecule has 0 spiro atoms. The Morgan fingerprint density at radius 2 is 1.64 bits per heavy atom. The van der Waals surface area contributed by atoms with E-state index >= 15 is 0 Å². The zero-order valence-corrected chi connectivity index (χ0v) is 10.8. The first kappa shape index (κ1) is 12.5. The molecule has 0 N–H and O–H groups in total. The lowest BCUT2D eigenvalue weighted by molar-refractivity contribution is -0.140. The van der Waals surface area contributed by atoms with Crippen molar-refractivity contribution in [1.29, 1.82) is 0 Å². The minimum absolute atomic E-state index is 0.0619. The monoisotopic (exact) mass is 264 g/mol. The Balaban J connectivity index is 2.39. The van der Waals surface area contributed by atoms with Crippen molar-refractivity contribution in [3.63, 3.8) is 0 Å². The van der Waals surface area contributed by atoms with E-state index in [0.717, 1.165) is 19.1 Å². The first-order valence-electron chi connectivity index (χ1n) is 5.66. The lowest BCUT2D eigenvalue weighted by Crippen LogP contribution is -2.32. The van der Waals surface area contributed by atoms with E-state index in [0.29, 0.717) is 4.83 Å². The van der Waals surface area contributed by atoms with Gasteiger partial charge in [0.2, 0.25) is 0 Å². The predicted octanol–water partition coefficient (Wildman–Crippen LogP) is 3.34. The molecule has 1 rings (SSSR count). The van der Waals surface area contributed by atoms with E-state index in [-0.39, 0.29) is 6.29 Å². The molecule has 1 saturated carbocycles. The van der Waals surface area contributed by atoms with E-state index in [9.17, 15) is 0 Å². The molecular weight excluding hydrogens is 244 g/mol. The number of alkyl halides is 1. The summed E-state index contributed by atoms with van der Waals surface area (Å²) in [5.74, 6) is 0.734. The average molecular weight is 265 g/mol. The van der Waals surface area contributed by atoms with Gasteiger partial charge in [-0.25, -0.2) is 0 Å². The van der Waals surface area contributed by atoms with E-state index in [1.807, 2.05) is 13.8 Å². The molecule has 2 nitrogen and oxygen atoms in total. The summed E-state index contributed by atoms with van der Waals surface area (Å²) in [6.45, 7) is 5.47. The third kappa shape index (κ3) is 3.52. The van der Waals surface area contributed by atoms with Crippen molar-refractivity contribution in [2.75, 3.05) is 13.2 Å². The Bertz CT molecular complexity index is 140. The van der Waals surface area contributed by atoms with Gasteiger partial charge in [0.1, 0.15) is 0 Å². The Morgan fingerprint density at radius 3 is 2.07 bits per heavy atom. The molecule has 0 bridgehead atoms. The minimum atomic E-state index is -0.0619. The minimum Gasteiger partial charge on any atom is -0.352 e. The van der Waals surface area contributed by atoms with E-state index in [1.54, 1.807) is 0 Å². The maximum atomic E-state index is 5.59. The summed E-state index contributed by atoms with van der Waals surface area (Å²) in [5.41, 5.74) is 0. The molecular formula is C11H21BrO2. The van der Waals surface area contributed by atoms with Gasteiger partial charge in [-0.2, -0.15) is 0 Å². The molecule has 0 aliphatic heterocycles. The SMILES string of the molecule is CCOC(OCC)C(Br)C1CCCC1. The number of ether oxygens (including phenoxy) is 2. The van der Waals surface area contributed by atoms with Gasteiger partial charge in [-0.05, 0) is 32.6 Å².